The van der Waals surface area contributed by atoms with Crippen molar-refractivity contribution in [3.05, 3.63) is 0 Å². The Hall–Kier alpha value is -0.0800. The zero-order chi connectivity index (χ0) is 13.2. The maximum absolute atomic E-state index is 5.81. The predicted molar refractivity (Wildman–Crippen MR) is 76.8 cm³/mol. The van der Waals surface area contributed by atoms with Crippen LogP contribution in [0.3, 0.4) is 0 Å². The summed E-state index contributed by atoms with van der Waals surface area (Å²) in [4.78, 5) is 0. The van der Waals surface area contributed by atoms with Crippen molar-refractivity contribution in [2.24, 2.45) is 11.3 Å². The van der Waals surface area contributed by atoms with Gasteiger partial charge in [0.15, 0.2) is 0 Å². The first-order valence-electron chi connectivity index (χ1n) is 7.95. The fraction of sp³-hybridized carbons (Fsp3) is 1.00. The standard InChI is InChI=1S/C16H31NO/c1-5-12-7-9-13(10-8-12)17-14-11-15(18-6-2)16(14,3)4/h12-15,17H,5-11H2,1-4H3. The van der Waals surface area contributed by atoms with Crippen LogP contribution in [-0.4, -0.2) is 24.8 Å². The van der Waals surface area contributed by atoms with Gasteiger partial charge in [0.2, 0.25) is 0 Å². The molecule has 106 valence electrons. The summed E-state index contributed by atoms with van der Waals surface area (Å²) in [5.41, 5.74) is 0.317. The van der Waals surface area contributed by atoms with Gasteiger partial charge >= 0.3 is 0 Å². The molecule has 0 heterocycles. The van der Waals surface area contributed by atoms with Gasteiger partial charge in [-0.25, -0.2) is 0 Å². The Balaban J connectivity index is 1.75. The fourth-order valence-corrected chi connectivity index (χ4v) is 3.67. The molecule has 2 fully saturated rings. The van der Waals surface area contributed by atoms with E-state index < -0.39 is 0 Å². The van der Waals surface area contributed by atoms with Gasteiger partial charge in [-0.2, -0.15) is 0 Å². The van der Waals surface area contributed by atoms with Crippen LogP contribution in [0.1, 0.15) is 66.2 Å². The average Bonchev–Trinajstić information content (AvgIpc) is 2.38. The molecule has 0 aromatic heterocycles. The summed E-state index contributed by atoms with van der Waals surface area (Å²) in [7, 11) is 0. The third-order valence-electron chi connectivity index (χ3n) is 5.41. The second-order valence-electron chi connectivity index (χ2n) is 6.85. The van der Waals surface area contributed by atoms with E-state index in [2.05, 4.69) is 33.0 Å². The molecule has 2 atom stereocenters. The van der Waals surface area contributed by atoms with Crippen LogP contribution in [0.25, 0.3) is 0 Å². The summed E-state index contributed by atoms with van der Waals surface area (Å²) in [5.74, 6) is 0.994. The third-order valence-corrected chi connectivity index (χ3v) is 5.41. The first-order chi connectivity index (χ1) is 8.57. The molecule has 2 unspecified atom stereocenters. The molecule has 0 aromatic rings. The molecule has 0 aromatic carbocycles. The molecule has 1 N–H and O–H groups in total. The van der Waals surface area contributed by atoms with E-state index in [1.54, 1.807) is 0 Å². The second-order valence-corrected chi connectivity index (χ2v) is 6.85. The van der Waals surface area contributed by atoms with Gasteiger partial charge in [0.1, 0.15) is 0 Å². The van der Waals surface area contributed by atoms with Crippen molar-refractivity contribution in [3.63, 3.8) is 0 Å². The average molecular weight is 253 g/mol. The molecular weight excluding hydrogens is 222 g/mol. The summed E-state index contributed by atoms with van der Waals surface area (Å²) in [6, 6.07) is 1.43. The minimum Gasteiger partial charge on any atom is -0.378 e. The van der Waals surface area contributed by atoms with Crippen molar-refractivity contribution < 1.29 is 4.74 Å². The minimum atomic E-state index is 0.317. The summed E-state index contributed by atoms with van der Waals surface area (Å²) in [6.45, 7) is 9.99. The maximum atomic E-state index is 5.81. The highest BCUT2D eigenvalue weighted by Gasteiger charge is 2.49. The Labute approximate surface area is 113 Å². The molecule has 0 radical (unpaired) electrons. The molecule has 2 nitrogen and oxygen atoms in total. The lowest BCUT2D eigenvalue weighted by Crippen LogP contribution is -2.63. The Morgan fingerprint density at radius 1 is 1.11 bits per heavy atom. The van der Waals surface area contributed by atoms with Crippen LogP contribution in [0.15, 0.2) is 0 Å². The molecule has 18 heavy (non-hydrogen) atoms. The van der Waals surface area contributed by atoms with Crippen molar-refractivity contribution in [1.29, 1.82) is 0 Å². The van der Waals surface area contributed by atoms with Gasteiger partial charge < -0.3 is 10.1 Å². The predicted octanol–water partition coefficient (Wildman–Crippen LogP) is 3.75. The zero-order valence-corrected chi connectivity index (χ0v) is 12.7. The van der Waals surface area contributed by atoms with Crippen LogP contribution in [0.4, 0.5) is 0 Å². The Morgan fingerprint density at radius 2 is 1.78 bits per heavy atom. The fourth-order valence-electron chi connectivity index (χ4n) is 3.67. The molecule has 0 spiro atoms. The smallest absolute Gasteiger partial charge is 0.0655 e. The molecular formula is C16H31NO. The van der Waals surface area contributed by atoms with Gasteiger partial charge in [-0.1, -0.05) is 27.2 Å². The van der Waals surface area contributed by atoms with E-state index in [0.29, 0.717) is 17.6 Å². The van der Waals surface area contributed by atoms with Crippen LogP contribution >= 0.6 is 0 Å². The van der Waals surface area contributed by atoms with Crippen LogP contribution in [0.2, 0.25) is 0 Å². The van der Waals surface area contributed by atoms with Crippen LogP contribution in [-0.2, 0) is 4.74 Å². The molecule has 0 saturated heterocycles. The van der Waals surface area contributed by atoms with E-state index in [1.165, 1.54) is 38.5 Å². The lowest BCUT2D eigenvalue weighted by molar-refractivity contribution is -0.117. The van der Waals surface area contributed by atoms with Crippen molar-refractivity contribution in [3.8, 4) is 0 Å². The summed E-state index contributed by atoms with van der Waals surface area (Å²) < 4.78 is 5.81. The maximum Gasteiger partial charge on any atom is 0.0655 e. The van der Waals surface area contributed by atoms with Crippen molar-refractivity contribution in [2.75, 3.05) is 6.61 Å². The van der Waals surface area contributed by atoms with E-state index in [-0.39, 0.29) is 0 Å². The molecule has 0 amide bonds. The normalized spacial score (nSPS) is 39.3. The number of ether oxygens (including phenoxy) is 1. The van der Waals surface area contributed by atoms with Gasteiger partial charge in [-0.15, -0.1) is 0 Å². The van der Waals surface area contributed by atoms with Gasteiger partial charge in [0.25, 0.3) is 0 Å². The van der Waals surface area contributed by atoms with E-state index in [0.717, 1.165) is 18.6 Å². The highest BCUT2D eigenvalue weighted by Crippen LogP contribution is 2.43. The van der Waals surface area contributed by atoms with Crippen LogP contribution < -0.4 is 5.32 Å². The highest BCUT2D eigenvalue weighted by atomic mass is 16.5. The van der Waals surface area contributed by atoms with Gasteiger partial charge in [-0.3, -0.25) is 0 Å². The Kier molecular flexibility index (Phi) is 4.71. The minimum absolute atomic E-state index is 0.317. The topological polar surface area (TPSA) is 21.3 Å². The van der Waals surface area contributed by atoms with Crippen molar-refractivity contribution >= 4 is 0 Å². The number of nitrogens with one attached hydrogen (secondary N) is 1. The number of hydrogen-bond acceptors (Lipinski definition) is 2. The lowest BCUT2D eigenvalue weighted by Gasteiger charge is -2.53. The monoisotopic (exact) mass is 253 g/mol. The summed E-state index contributed by atoms with van der Waals surface area (Å²) in [6.07, 6.45) is 8.65. The van der Waals surface area contributed by atoms with Gasteiger partial charge in [0, 0.05) is 24.1 Å². The first kappa shape index (κ1) is 14.3. The summed E-state index contributed by atoms with van der Waals surface area (Å²) in [5, 5.41) is 3.90. The highest BCUT2D eigenvalue weighted by molar-refractivity contribution is 5.03. The van der Waals surface area contributed by atoms with Gasteiger partial charge in [0.05, 0.1) is 6.10 Å². The van der Waals surface area contributed by atoms with E-state index >= 15 is 0 Å². The lowest BCUT2D eigenvalue weighted by atomic mass is 9.64. The Morgan fingerprint density at radius 3 is 2.28 bits per heavy atom. The molecule has 0 aliphatic heterocycles. The third kappa shape index (κ3) is 2.91. The second kappa shape index (κ2) is 5.92. The van der Waals surface area contributed by atoms with Crippen molar-refractivity contribution in [2.45, 2.75) is 84.4 Å². The molecule has 2 heteroatoms. The number of rotatable bonds is 5. The Bertz CT molecular complexity index is 256. The van der Waals surface area contributed by atoms with Crippen LogP contribution in [0, 0.1) is 11.3 Å². The van der Waals surface area contributed by atoms with Gasteiger partial charge in [-0.05, 0) is 44.9 Å². The molecule has 2 aliphatic carbocycles. The van der Waals surface area contributed by atoms with E-state index in [4.69, 9.17) is 4.74 Å². The molecule has 2 rings (SSSR count). The zero-order valence-electron chi connectivity index (χ0n) is 12.7. The quantitative estimate of drug-likeness (QED) is 0.805. The SMILES string of the molecule is CCOC1CC(NC2CCC(CC)CC2)C1(C)C. The largest absolute Gasteiger partial charge is 0.378 e. The molecule has 2 saturated carbocycles. The first-order valence-corrected chi connectivity index (χ1v) is 7.95. The summed E-state index contributed by atoms with van der Waals surface area (Å²) >= 11 is 0. The van der Waals surface area contributed by atoms with Crippen LogP contribution in [0.5, 0.6) is 0 Å². The number of hydrogen-bond donors (Lipinski definition) is 1. The van der Waals surface area contributed by atoms with E-state index in [9.17, 15) is 0 Å². The van der Waals surface area contributed by atoms with Crippen molar-refractivity contribution in [1.82, 2.24) is 5.32 Å². The molecule has 2 aliphatic rings. The molecule has 0 bridgehead atoms. The van der Waals surface area contributed by atoms with E-state index in [1.807, 2.05) is 0 Å².